The molecule has 0 aromatic heterocycles. The summed E-state index contributed by atoms with van der Waals surface area (Å²) in [6.45, 7) is 16.8. The van der Waals surface area contributed by atoms with Gasteiger partial charge in [0.15, 0.2) is 0 Å². The standard InChI is InChI=1S/C17H31N3O/c1-15(2,3)12-9-17(11-19-14-18-7-8-21-14)10-13(17)20(12)16(4,5)6/h12-13H,7-11H2,1-6H3,(H,18,19)/t12-,13?,17-/m0/s1. The molecule has 3 rings (SSSR count). The Morgan fingerprint density at radius 3 is 2.43 bits per heavy atom. The fourth-order valence-electron chi connectivity index (χ4n) is 4.25. The maximum atomic E-state index is 5.49. The highest BCUT2D eigenvalue weighted by atomic mass is 16.5. The van der Waals surface area contributed by atoms with Crippen LogP contribution in [0, 0.1) is 10.8 Å². The lowest BCUT2D eigenvalue weighted by molar-refractivity contribution is 0.0362. The molecule has 1 N–H and O–H groups in total. The van der Waals surface area contributed by atoms with Gasteiger partial charge in [0, 0.05) is 29.6 Å². The molecule has 21 heavy (non-hydrogen) atoms. The molecule has 0 spiro atoms. The van der Waals surface area contributed by atoms with Crippen LogP contribution in [0.2, 0.25) is 0 Å². The number of rotatable bonds is 2. The molecule has 2 heterocycles. The van der Waals surface area contributed by atoms with Crippen LogP contribution in [0.25, 0.3) is 0 Å². The molecule has 1 unspecified atom stereocenters. The largest absolute Gasteiger partial charge is 0.463 e. The van der Waals surface area contributed by atoms with Crippen LogP contribution in [-0.2, 0) is 4.74 Å². The van der Waals surface area contributed by atoms with Crippen LogP contribution < -0.4 is 5.32 Å². The van der Waals surface area contributed by atoms with Crippen LogP contribution in [0.5, 0.6) is 0 Å². The maximum absolute atomic E-state index is 5.49. The fourth-order valence-corrected chi connectivity index (χ4v) is 4.25. The molecule has 0 amide bonds. The summed E-state index contributed by atoms with van der Waals surface area (Å²) in [5.74, 6) is 0. The topological polar surface area (TPSA) is 36.9 Å². The van der Waals surface area contributed by atoms with Gasteiger partial charge in [0.1, 0.15) is 6.61 Å². The number of aliphatic imine (C=N–C) groups is 1. The molecule has 0 bridgehead atoms. The van der Waals surface area contributed by atoms with Crippen molar-refractivity contribution >= 4 is 6.02 Å². The van der Waals surface area contributed by atoms with E-state index in [4.69, 9.17) is 4.74 Å². The Hall–Kier alpha value is -0.770. The number of nitrogens with one attached hydrogen (secondary N) is 1. The van der Waals surface area contributed by atoms with E-state index in [9.17, 15) is 0 Å². The lowest BCUT2D eigenvalue weighted by atomic mass is 9.80. The van der Waals surface area contributed by atoms with E-state index in [0.717, 1.165) is 31.8 Å². The van der Waals surface area contributed by atoms with Crippen molar-refractivity contribution in [2.24, 2.45) is 15.8 Å². The highest BCUT2D eigenvalue weighted by Gasteiger charge is 2.67. The average molecular weight is 293 g/mol. The van der Waals surface area contributed by atoms with Crippen molar-refractivity contribution in [3.8, 4) is 0 Å². The van der Waals surface area contributed by atoms with Crippen LogP contribution in [0.4, 0.5) is 0 Å². The Bertz CT molecular complexity index is 446. The second kappa shape index (κ2) is 4.61. The minimum absolute atomic E-state index is 0.238. The number of nitrogens with zero attached hydrogens (tertiary/aromatic N) is 2. The van der Waals surface area contributed by atoms with Crippen LogP contribution in [-0.4, -0.2) is 48.2 Å². The summed E-state index contributed by atoms with van der Waals surface area (Å²) >= 11 is 0. The summed E-state index contributed by atoms with van der Waals surface area (Å²) in [5, 5.41) is 3.45. The van der Waals surface area contributed by atoms with E-state index >= 15 is 0 Å². The van der Waals surface area contributed by atoms with Gasteiger partial charge in [-0.15, -0.1) is 0 Å². The molecule has 2 aliphatic heterocycles. The number of likely N-dealkylation sites (tertiary alicyclic amines) is 1. The molecule has 4 nitrogen and oxygen atoms in total. The smallest absolute Gasteiger partial charge is 0.284 e. The first-order valence-corrected chi connectivity index (χ1v) is 8.33. The molecule has 2 fully saturated rings. The number of fused-ring (bicyclic) bond motifs is 1. The number of piperidine rings is 1. The Kier molecular flexibility index (Phi) is 3.32. The molecule has 4 heteroatoms. The molecular formula is C17H31N3O. The Balaban J connectivity index is 1.72. The van der Waals surface area contributed by atoms with Gasteiger partial charge in [-0.05, 0) is 39.0 Å². The van der Waals surface area contributed by atoms with E-state index in [1.165, 1.54) is 12.8 Å². The normalized spacial score (nSPS) is 36.2. The third-order valence-corrected chi connectivity index (χ3v) is 5.37. The number of hydrogen-bond acceptors (Lipinski definition) is 4. The molecule has 3 aliphatic rings. The predicted molar refractivity (Wildman–Crippen MR) is 86.5 cm³/mol. The molecular weight excluding hydrogens is 262 g/mol. The zero-order valence-corrected chi connectivity index (χ0v) is 14.5. The summed E-state index contributed by atoms with van der Waals surface area (Å²) in [4.78, 5) is 7.14. The molecule has 3 atom stereocenters. The van der Waals surface area contributed by atoms with Crippen LogP contribution in [0.15, 0.2) is 4.99 Å². The van der Waals surface area contributed by atoms with E-state index in [2.05, 4.69) is 56.8 Å². The molecule has 0 radical (unpaired) electrons. The Morgan fingerprint density at radius 1 is 1.24 bits per heavy atom. The highest BCUT2D eigenvalue weighted by Crippen LogP contribution is 2.63. The van der Waals surface area contributed by atoms with E-state index in [-0.39, 0.29) is 5.54 Å². The van der Waals surface area contributed by atoms with Gasteiger partial charge in [-0.2, -0.15) is 0 Å². The first-order valence-electron chi connectivity index (χ1n) is 8.33. The van der Waals surface area contributed by atoms with Gasteiger partial charge in [0.05, 0.1) is 6.54 Å². The second-order valence-electron chi connectivity index (χ2n) is 9.14. The molecule has 0 aromatic rings. The van der Waals surface area contributed by atoms with Crippen molar-refractivity contribution in [3.63, 3.8) is 0 Å². The van der Waals surface area contributed by atoms with Crippen LogP contribution in [0.1, 0.15) is 54.4 Å². The van der Waals surface area contributed by atoms with Crippen molar-refractivity contribution in [3.05, 3.63) is 0 Å². The maximum Gasteiger partial charge on any atom is 0.284 e. The molecule has 1 saturated heterocycles. The summed E-state index contributed by atoms with van der Waals surface area (Å²) in [7, 11) is 0. The lowest BCUT2D eigenvalue weighted by Gasteiger charge is -2.45. The van der Waals surface area contributed by atoms with Crippen LogP contribution in [0.3, 0.4) is 0 Å². The zero-order chi connectivity index (χ0) is 15.5. The minimum atomic E-state index is 0.238. The number of hydrogen-bond donors (Lipinski definition) is 1. The molecule has 1 saturated carbocycles. The first kappa shape index (κ1) is 15.1. The van der Waals surface area contributed by atoms with Crippen molar-refractivity contribution in [1.29, 1.82) is 0 Å². The van der Waals surface area contributed by atoms with E-state index < -0.39 is 0 Å². The average Bonchev–Trinajstić information content (AvgIpc) is 2.78. The van der Waals surface area contributed by atoms with Gasteiger partial charge in [-0.25, -0.2) is 4.99 Å². The van der Waals surface area contributed by atoms with Gasteiger partial charge in [0.25, 0.3) is 6.02 Å². The van der Waals surface area contributed by atoms with Crippen molar-refractivity contribution < 1.29 is 4.74 Å². The highest BCUT2D eigenvalue weighted by molar-refractivity contribution is 5.74. The monoisotopic (exact) mass is 293 g/mol. The second-order valence-corrected chi connectivity index (χ2v) is 9.14. The molecule has 120 valence electrons. The van der Waals surface area contributed by atoms with E-state index in [0.29, 0.717) is 16.9 Å². The van der Waals surface area contributed by atoms with E-state index in [1.807, 2.05) is 0 Å². The lowest BCUT2D eigenvalue weighted by Crippen LogP contribution is -2.51. The summed E-state index contributed by atoms with van der Waals surface area (Å²) in [6.07, 6.45) is 2.61. The summed E-state index contributed by atoms with van der Waals surface area (Å²) in [5.41, 5.74) is 0.997. The quantitative estimate of drug-likeness (QED) is 0.850. The van der Waals surface area contributed by atoms with Gasteiger partial charge in [-0.1, -0.05) is 20.8 Å². The van der Waals surface area contributed by atoms with E-state index in [1.54, 1.807) is 0 Å². The Labute approximate surface area is 129 Å². The Morgan fingerprint density at radius 2 is 1.95 bits per heavy atom. The van der Waals surface area contributed by atoms with Crippen LogP contribution >= 0.6 is 0 Å². The third kappa shape index (κ3) is 2.67. The summed E-state index contributed by atoms with van der Waals surface area (Å²) < 4.78 is 5.49. The van der Waals surface area contributed by atoms with Crippen molar-refractivity contribution in [1.82, 2.24) is 10.2 Å². The molecule has 0 aromatic carbocycles. The van der Waals surface area contributed by atoms with Gasteiger partial charge >= 0.3 is 0 Å². The van der Waals surface area contributed by atoms with Crippen molar-refractivity contribution in [2.45, 2.75) is 72.0 Å². The predicted octanol–water partition coefficient (Wildman–Crippen LogP) is 2.64. The third-order valence-electron chi connectivity index (χ3n) is 5.37. The van der Waals surface area contributed by atoms with Gasteiger partial charge < -0.3 is 10.1 Å². The number of ether oxygens (including phenoxy) is 1. The first-order chi connectivity index (χ1) is 9.63. The minimum Gasteiger partial charge on any atom is -0.463 e. The zero-order valence-electron chi connectivity index (χ0n) is 14.5. The number of amidine groups is 1. The molecule has 1 aliphatic carbocycles. The fraction of sp³-hybridized carbons (Fsp3) is 0.941. The summed E-state index contributed by atoms with van der Waals surface area (Å²) in [6, 6.07) is 2.14. The van der Waals surface area contributed by atoms with Crippen molar-refractivity contribution in [2.75, 3.05) is 19.7 Å². The van der Waals surface area contributed by atoms with Gasteiger partial charge in [-0.3, -0.25) is 4.90 Å². The SMILES string of the molecule is CC(C)(C)[C@@H]1C[C@@]2(CNC3=NCCO3)CC2N1C(C)(C)C. The van der Waals surface area contributed by atoms with Gasteiger partial charge in [0.2, 0.25) is 0 Å².